The van der Waals surface area contributed by atoms with E-state index in [9.17, 15) is 0 Å². The molecule has 0 N–H and O–H groups in total. The average molecular weight is 581 g/mol. The molecule has 2 aliphatic rings. The summed E-state index contributed by atoms with van der Waals surface area (Å²) in [6, 6.07) is 36.9. The van der Waals surface area contributed by atoms with Crippen molar-refractivity contribution in [2.24, 2.45) is 0 Å². The van der Waals surface area contributed by atoms with Crippen LogP contribution in [0.2, 0.25) is 0 Å². The highest BCUT2D eigenvalue weighted by molar-refractivity contribution is 5.89. The number of hydrogen-bond acceptors (Lipinski definition) is 6. The molecule has 44 heavy (non-hydrogen) atoms. The van der Waals surface area contributed by atoms with E-state index in [1.54, 1.807) is 0 Å². The third-order valence-corrected chi connectivity index (χ3v) is 8.09. The molecule has 0 bridgehead atoms. The maximum absolute atomic E-state index is 6.42. The summed E-state index contributed by atoms with van der Waals surface area (Å²) in [6.07, 6.45) is 9.68. The van der Waals surface area contributed by atoms with Crippen molar-refractivity contribution in [3.05, 3.63) is 128 Å². The normalized spacial score (nSPS) is 14.6. The Balaban J connectivity index is 1.23. The van der Waals surface area contributed by atoms with Crippen LogP contribution in [0.15, 0.2) is 128 Å². The minimum absolute atomic E-state index is 0.781. The van der Waals surface area contributed by atoms with Crippen LogP contribution in [0.4, 0.5) is 11.4 Å². The quantitative estimate of drug-likeness (QED) is 0.182. The van der Waals surface area contributed by atoms with E-state index in [2.05, 4.69) is 88.7 Å². The fraction of sp³-hybridized carbons (Fsp3) is 0.184. The lowest BCUT2D eigenvalue weighted by atomic mass is 9.97. The van der Waals surface area contributed by atoms with Crippen LogP contribution in [0, 0.1) is 0 Å². The van der Waals surface area contributed by atoms with Gasteiger partial charge in [-0.1, -0.05) is 48.5 Å². The lowest BCUT2D eigenvalue weighted by Crippen LogP contribution is -2.30. The fourth-order valence-corrected chi connectivity index (χ4v) is 5.95. The molecule has 4 aromatic carbocycles. The lowest BCUT2D eigenvalue weighted by molar-refractivity contribution is 0.481. The second-order valence-electron chi connectivity index (χ2n) is 11.3. The molecule has 3 heterocycles. The predicted molar refractivity (Wildman–Crippen MR) is 178 cm³/mol. The number of nitrogens with zero attached hydrogens (tertiary/aromatic N) is 4. The molecule has 7 rings (SSSR count). The van der Waals surface area contributed by atoms with E-state index < -0.39 is 0 Å². The lowest BCUT2D eigenvalue weighted by Gasteiger charge is -2.32. The van der Waals surface area contributed by atoms with Crippen LogP contribution in [0.5, 0.6) is 23.0 Å². The number of benzene rings is 4. The monoisotopic (exact) mass is 580 g/mol. The molecule has 0 radical (unpaired) electrons. The molecule has 6 nitrogen and oxygen atoms in total. The predicted octanol–water partition coefficient (Wildman–Crippen LogP) is 9.17. The molecular formula is C38H36N4O2. The largest absolute Gasteiger partial charge is 0.457 e. The molecule has 1 fully saturated rings. The summed E-state index contributed by atoms with van der Waals surface area (Å²) < 4.78 is 12.6. The summed E-state index contributed by atoms with van der Waals surface area (Å²) in [5.41, 5.74) is 6.50. The van der Waals surface area contributed by atoms with Gasteiger partial charge in [0.2, 0.25) is 0 Å². The molecule has 220 valence electrons. The molecule has 0 amide bonds. The summed E-state index contributed by atoms with van der Waals surface area (Å²) in [5, 5.41) is 0. The van der Waals surface area contributed by atoms with Gasteiger partial charge in [0.1, 0.15) is 23.0 Å². The molecular weight excluding hydrogens is 544 g/mol. The van der Waals surface area contributed by atoms with Crippen molar-refractivity contribution in [2.45, 2.75) is 19.3 Å². The first-order chi connectivity index (χ1) is 21.7. The molecule has 0 aliphatic carbocycles. The van der Waals surface area contributed by atoms with E-state index in [4.69, 9.17) is 14.5 Å². The molecule has 0 atom stereocenters. The Labute approximate surface area is 259 Å². The molecule has 6 heteroatoms. The second kappa shape index (κ2) is 12.6. The van der Waals surface area contributed by atoms with Crippen molar-refractivity contribution < 1.29 is 9.47 Å². The van der Waals surface area contributed by atoms with Crippen LogP contribution in [0.1, 0.15) is 19.3 Å². The van der Waals surface area contributed by atoms with E-state index in [0.717, 1.165) is 76.5 Å². The molecule has 0 saturated carbocycles. The maximum Gasteiger partial charge on any atom is 0.129 e. The third-order valence-electron chi connectivity index (χ3n) is 8.09. The topological polar surface area (TPSA) is 41.1 Å². The van der Waals surface area contributed by atoms with Gasteiger partial charge in [-0.3, -0.25) is 4.98 Å². The number of aromatic nitrogens is 1. The van der Waals surface area contributed by atoms with Crippen LogP contribution in [0.3, 0.4) is 0 Å². The van der Waals surface area contributed by atoms with Gasteiger partial charge in [0.25, 0.3) is 0 Å². The highest BCUT2D eigenvalue weighted by Gasteiger charge is 2.22. The maximum atomic E-state index is 6.42. The summed E-state index contributed by atoms with van der Waals surface area (Å²) in [4.78, 5) is 11.8. The number of rotatable bonds is 8. The van der Waals surface area contributed by atoms with Crippen molar-refractivity contribution in [3.8, 4) is 45.4 Å². The summed E-state index contributed by atoms with van der Waals surface area (Å²) in [7, 11) is 2.07. The van der Waals surface area contributed by atoms with Crippen molar-refractivity contribution in [3.63, 3.8) is 0 Å². The smallest absolute Gasteiger partial charge is 0.129 e. The highest BCUT2D eigenvalue weighted by atomic mass is 16.5. The zero-order valence-electron chi connectivity index (χ0n) is 25.0. The Hall–Kier alpha value is -5.23. The Bertz CT molecular complexity index is 1760. The van der Waals surface area contributed by atoms with Crippen LogP contribution >= 0.6 is 0 Å². The van der Waals surface area contributed by atoms with Crippen molar-refractivity contribution in [2.75, 3.05) is 36.6 Å². The van der Waals surface area contributed by atoms with Gasteiger partial charge in [0.05, 0.1) is 18.1 Å². The van der Waals surface area contributed by atoms with Gasteiger partial charge in [0.15, 0.2) is 0 Å². The summed E-state index contributed by atoms with van der Waals surface area (Å²) in [6.45, 7) is 2.84. The number of hydrogen-bond donors (Lipinski definition) is 0. The third kappa shape index (κ3) is 6.11. The molecule has 0 spiro atoms. The van der Waals surface area contributed by atoms with E-state index in [1.165, 1.54) is 19.3 Å². The minimum atomic E-state index is 0.781. The van der Waals surface area contributed by atoms with E-state index in [0.29, 0.717) is 0 Å². The van der Waals surface area contributed by atoms with E-state index in [-0.39, 0.29) is 0 Å². The van der Waals surface area contributed by atoms with E-state index >= 15 is 0 Å². The van der Waals surface area contributed by atoms with Crippen molar-refractivity contribution in [1.82, 2.24) is 9.88 Å². The number of piperidine rings is 1. The molecule has 0 unspecified atom stereocenters. The Kier molecular flexibility index (Phi) is 7.88. The first-order valence-corrected chi connectivity index (χ1v) is 15.3. The zero-order chi connectivity index (χ0) is 29.7. The molecule has 5 aromatic rings. The summed E-state index contributed by atoms with van der Waals surface area (Å²) >= 11 is 0. The van der Waals surface area contributed by atoms with Gasteiger partial charge in [-0.25, -0.2) is 0 Å². The Morgan fingerprint density at radius 3 is 2.02 bits per heavy atom. The molecule has 2 aliphatic heterocycles. The minimum Gasteiger partial charge on any atom is -0.457 e. The van der Waals surface area contributed by atoms with E-state index in [1.807, 2.05) is 60.8 Å². The standard InChI is InChI=1S/C38H36N4O2/c1-40-23-24-42(28-40)31-13-10-18-35(27-31)44-34-17-9-12-30(26-34)37-38(41-21-6-3-7-22-41)36(19-20-39-37)29-11-8-16-33(25-29)43-32-14-4-2-5-15-32/h2,4-5,8-20,23-27H,3,6-7,21-22,28H2,1H3. The van der Waals surface area contributed by atoms with Crippen LogP contribution in [0.25, 0.3) is 22.4 Å². The number of pyridine rings is 1. The highest BCUT2D eigenvalue weighted by Crippen LogP contribution is 2.41. The van der Waals surface area contributed by atoms with Gasteiger partial charge in [-0.15, -0.1) is 0 Å². The van der Waals surface area contributed by atoms with Crippen LogP contribution in [-0.2, 0) is 0 Å². The first-order valence-electron chi connectivity index (χ1n) is 15.3. The molecule has 1 saturated heterocycles. The average Bonchev–Trinajstić information content (AvgIpc) is 3.52. The van der Waals surface area contributed by atoms with Gasteiger partial charge < -0.3 is 24.2 Å². The first kappa shape index (κ1) is 27.6. The number of para-hydroxylation sites is 1. The van der Waals surface area contributed by atoms with Crippen molar-refractivity contribution in [1.29, 1.82) is 0 Å². The SMILES string of the molecule is CN1C=CN(c2cccc(Oc3cccc(-c4nccc(-c5cccc(Oc6ccccc6)c5)c4N4CCCCC4)c3)c2)C1. The van der Waals surface area contributed by atoms with Crippen LogP contribution in [-0.4, -0.2) is 36.7 Å². The van der Waals surface area contributed by atoms with Crippen LogP contribution < -0.4 is 19.3 Å². The molecule has 1 aromatic heterocycles. The second-order valence-corrected chi connectivity index (χ2v) is 11.3. The zero-order valence-corrected chi connectivity index (χ0v) is 25.0. The van der Waals surface area contributed by atoms with Gasteiger partial charge in [0, 0.05) is 61.6 Å². The Morgan fingerprint density at radius 2 is 1.27 bits per heavy atom. The number of anilines is 2. The Morgan fingerprint density at radius 1 is 0.614 bits per heavy atom. The summed E-state index contributed by atoms with van der Waals surface area (Å²) in [5.74, 6) is 3.22. The van der Waals surface area contributed by atoms with Crippen molar-refractivity contribution >= 4 is 11.4 Å². The van der Waals surface area contributed by atoms with Gasteiger partial charge in [-0.05, 0) is 79.4 Å². The number of ether oxygens (including phenoxy) is 2. The van der Waals surface area contributed by atoms with Gasteiger partial charge in [-0.2, -0.15) is 0 Å². The fourth-order valence-electron chi connectivity index (χ4n) is 5.95. The van der Waals surface area contributed by atoms with Gasteiger partial charge >= 0.3 is 0 Å².